The molecule has 3 aromatic rings. The van der Waals surface area contributed by atoms with Crippen molar-refractivity contribution in [3.8, 4) is 0 Å². The van der Waals surface area contributed by atoms with Crippen molar-refractivity contribution in [1.29, 1.82) is 0 Å². The maximum atomic E-state index is 12.4. The van der Waals surface area contributed by atoms with Crippen LogP contribution in [0.3, 0.4) is 0 Å². The third kappa shape index (κ3) is 4.16. The van der Waals surface area contributed by atoms with Crippen LogP contribution in [0.5, 0.6) is 0 Å². The molecule has 1 aliphatic heterocycles. The average Bonchev–Trinajstić information content (AvgIpc) is 3.18. The Morgan fingerprint density at radius 3 is 2.53 bits per heavy atom. The molecule has 0 saturated carbocycles. The molecule has 1 saturated heterocycles. The predicted molar refractivity (Wildman–Crippen MR) is 119 cm³/mol. The molecular formula is C21H30N8O. The van der Waals surface area contributed by atoms with Gasteiger partial charge in [-0.2, -0.15) is 10.1 Å². The largest absolute Gasteiger partial charge is 0.354 e. The molecule has 0 amide bonds. The summed E-state index contributed by atoms with van der Waals surface area (Å²) in [4.78, 5) is 29.2. The van der Waals surface area contributed by atoms with Gasteiger partial charge in [0.15, 0.2) is 5.65 Å². The lowest BCUT2D eigenvalue weighted by Crippen LogP contribution is -2.46. The predicted octanol–water partition coefficient (Wildman–Crippen LogP) is 2.02. The molecule has 2 N–H and O–H groups in total. The van der Waals surface area contributed by atoms with E-state index in [1.165, 1.54) is 0 Å². The maximum absolute atomic E-state index is 12.4. The number of aromatic amines is 1. The van der Waals surface area contributed by atoms with Crippen molar-refractivity contribution in [3.05, 3.63) is 40.4 Å². The number of aromatic nitrogens is 5. The number of rotatable bonds is 5. The van der Waals surface area contributed by atoms with Gasteiger partial charge in [-0.3, -0.25) is 9.78 Å². The Bertz CT molecular complexity index is 1060. The second-order valence-electron chi connectivity index (χ2n) is 8.68. The number of piperazine rings is 1. The van der Waals surface area contributed by atoms with E-state index in [2.05, 4.69) is 54.2 Å². The minimum absolute atomic E-state index is 0.197. The van der Waals surface area contributed by atoms with Crippen LogP contribution in [0.25, 0.3) is 11.0 Å². The van der Waals surface area contributed by atoms with Crippen molar-refractivity contribution in [2.45, 2.75) is 39.8 Å². The van der Waals surface area contributed by atoms with Gasteiger partial charge in [-0.1, -0.05) is 13.0 Å². The fourth-order valence-electron chi connectivity index (χ4n) is 3.68. The zero-order valence-corrected chi connectivity index (χ0v) is 18.1. The highest BCUT2D eigenvalue weighted by atomic mass is 16.1. The number of H-pyrrole nitrogens is 1. The van der Waals surface area contributed by atoms with Crippen LogP contribution >= 0.6 is 0 Å². The molecule has 4 heterocycles. The number of hydrogen-bond acceptors (Lipinski definition) is 7. The molecule has 1 aliphatic rings. The Balaban J connectivity index is 1.45. The van der Waals surface area contributed by atoms with Gasteiger partial charge in [0.05, 0.1) is 11.7 Å². The summed E-state index contributed by atoms with van der Waals surface area (Å²) < 4.78 is 1.78. The van der Waals surface area contributed by atoms with Crippen LogP contribution < -0.4 is 15.8 Å². The van der Waals surface area contributed by atoms with Crippen LogP contribution in [-0.2, 0) is 12.1 Å². The fourth-order valence-corrected chi connectivity index (χ4v) is 3.68. The van der Waals surface area contributed by atoms with Crippen molar-refractivity contribution in [2.75, 3.05) is 42.9 Å². The van der Waals surface area contributed by atoms with Gasteiger partial charge >= 0.3 is 0 Å². The lowest BCUT2D eigenvalue weighted by Gasteiger charge is -2.34. The van der Waals surface area contributed by atoms with Crippen LogP contribution in [0, 0.1) is 0 Å². The van der Waals surface area contributed by atoms with Crippen LogP contribution in [-0.4, -0.2) is 62.4 Å². The quantitative estimate of drug-likeness (QED) is 0.664. The highest BCUT2D eigenvalue weighted by Gasteiger charge is 2.20. The van der Waals surface area contributed by atoms with Gasteiger partial charge in [0, 0.05) is 38.9 Å². The van der Waals surface area contributed by atoms with E-state index in [4.69, 9.17) is 0 Å². The molecule has 9 nitrogen and oxygen atoms in total. The summed E-state index contributed by atoms with van der Waals surface area (Å²) in [6, 6.07) is 4.13. The molecule has 160 valence electrons. The summed E-state index contributed by atoms with van der Waals surface area (Å²) in [5.41, 5.74) is 1.14. The van der Waals surface area contributed by atoms with Gasteiger partial charge in [0.2, 0.25) is 5.95 Å². The summed E-state index contributed by atoms with van der Waals surface area (Å²) in [5.74, 6) is 1.44. The van der Waals surface area contributed by atoms with E-state index < -0.39 is 0 Å². The van der Waals surface area contributed by atoms with Gasteiger partial charge in [-0.05, 0) is 38.9 Å². The standard InChI is InChI=1S/C21H30N8O/c1-5-27-8-10-28(11-9-27)17-7-6-15(12-22-17)13-23-20-25-18-16(19(30)26-20)14-24-29(18)21(2,3)4/h6-7,12,14H,5,8-11,13H2,1-4H3,(H2,23,25,26,30). The second-order valence-corrected chi connectivity index (χ2v) is 8.68. The van der Waals surface area contributed by atoms with E-state index in [-0.39, 0.29) is 11.1 Å². The van der Waals surface area contributed by atoms with E-state index in [0.717, 1.165) is 44.1 Å². The molecule has 0 aliphatic carbocycles. The van der Waals surface area contributed by atoms with E-state index in [9.17, 15) is 4.79 Å². The minimum Gasteiger partial charge on any atom is -0.354 e. The molecule has 0 atom stereocenters. The topological polar surface area (TPSA) is 95.0 Å². The van der Waals surface area contributed by atoms with Crippen LogP contribution in [0.15, 0.2) is 29.3 Å². The Hall–Kier alpha value is -2.94. The van der Waals surface area contributed by atoms with Crippen molar-refractivity contribution in [2.24, 2.45) is 0 Å². The molecule has 0 radical (unpaired) electrons. The normalized spacial score (nSPS) is 15.7. The van der Waals surface area contributed by atoms with E-state index in [1.54, 1.807) is 10.9 Å². The third-order valence-corrected chi connectivity index (χ3v) is 5.49. The number of likely N-dealkylation sites (N-methyl/N-ethyl adjacent to an activating group) is 1. The molecule has 30 heavy (non-hydrogen) atoms. The molecule has 0 spiro atoms. The molecular weight excluding hydrogens is 380 g/mol. The Kier molecular flexibility index (Phi) is 5.46. The molecule has 0 unspecified atom stereocenters. The highest BCUT2D eigenvalue weighted by molar-refractivity contribution is 5.74. The number of nitrogens with zero attached hydrogens (tertiary/aromatic N) is 6. The van der Waals surface area contributed by atoms with E-state index in [1.807, 2.05) is 27.0 Å². The Morgan fingerprint density at radius 1 is 1.13 bits per heavy atom. The smallest absolute Gasteiger partial charge is 0.263 e. The Labute approximate surface area is 176 Å². The summed E-state index contributed by atoms with van der Waals surface area (Å²) in [6.45, 7) is 14.1. The van der Waals surface area contributed by atoms with E-state index >= 15 is 0 Å². The van der Waals surface area contributed by atoms with Crippen LogP contribution in [0.2, 0.25) is 0 Å². The number of hydrogen-bond donors (Lipinski definition) is 2. The molecule has 0 bridgehead atoms. The first-order valence-electron chi connectivity index (χ1n) is 10.5. The first-order chi connectivity index (χ1) is 14.3. The van der Waals surface area contributed by atoms with Gasteiger partial charge in [-0.25, -0.2) is 9.67 Å². The summed E-state index contributed by atoms with van der Waals surface area (Å²) in [5, 5.41) is 8.04. The van der Waals surface area contributed by atoms with E-state index in [0.29, 0.717) is 23.5 Å². The van der Waals surface area contributed by atoms with Crippen molar-refractivity contribution >= 4 is 22.8 Å². The Morgan fingerprint density at radius 2 is 1.90 bits per heavy atom. The molecule has 9 heteroatoms. The number of anilines is 2. The SMILES string of the molecule is CCN1CCN(c2ccc(CNc3nc4c(cnn4C(C)(C)C)c(=O)[nH]3)cn2)CC1. The number of nitrogens with one attached hydrogen (secondary N) is 2. The van der Waals surface area contributed by atoms with Crippen molar-refractivity contribution in [1.82, 2.24) is 29.6 Å². The monoisotopic (exact) mass is 410 g/mol. The van der Waals surface area contributed by atoms with Crippen molar-refractivity contribution in [3.63, 3.8) is 0 Å². The van der Waals surface area contributed by atoms with Gasteiger partial charge in [-0.15, -0.1) is 0 Å². The second kappa shape index (κ2) is 8.06. The average molecular weight is 411 g/mol. The highest BCUT2D eigenvalue weighted by Crippen LogP contribution is 2.19. The zero-order chi connectivity index (χ0) is 21.3. The maximum Gasteiger partial charge on any atom is 0.263 e. The first kappa shape index (κ1) is 20.3. The lowest BCUT2D eigenvalue weighted by molar-refractivity contribution is 0.270. The van der Waals surface area contributed by atoms with Crippen LogP contribution in [0.4, 0.5) is 11.8 Å². The molecule has 3 aromatic heterocycles. The lowest BCUT2D eigenvalue weighted by atomic mass is 10.1. The summed E-state index contributed by atoms with van der Waals surface area (Å²) in [6.07, 6.45) is 3.45. The zero-order valence-electron chi connectivity index (χ0n) is 18.1. The summed E-state index contributed by atoms with van der Waals surface area (Å²) in [7, 11) is 0. The molecule has 0 aromatic carbocycles. The minimum atomic E-state index is -0.262. The van der Waals surface area contributed by atoms with Gasteiger partial charge in [0.25, 0.3) is 5.56 Å². The molecule has 4 rings (SSSR count). The fraction of sp³-hybridized carbons (Fsp3) is 0.524. The van der Waals surface area contributed by atoms with Crippen molar-refractivity contribution < 1.29 is 0 Å². The van der Waals surface area contributed by atoms with Gasteiger partial charge in [0.1, 0.15) is 11.2 Å². The summed E-state index contributed by atoms with van der Waals surface area (Å²) >= 11 is 0. The van der Waals surface area contributed by atoms with Crippen LogP contribution in [0.1, 0.15) is 33.3 Å². The number of fused-ring (bicyclic) bond motifs is 1. The number of pyridine rings is 1. The molecule has 1 fully saturated rings. The van der Waals surface area contributed by atoms with Gasteiger partial charge < -0.3 is 15.1 Å². The first-order valence-corrected chi connectivity index (χ1v) is 10.5. The third-order valence-electron chi connectivity index (χ3n) is 5.49.